The van der Waals surface area contributed by atoms with Gasteiger partial charge in [0, 0.05) is 24.6 Å². The maximum Gasteiger partial charge on any atom is 0.257 e. The summed E-state index contributed by atoms with van der Waals surface area (Å²) in [5.74, 6) is 2.58. The monoisotopic (exact) mass is 315 g/mol. The molecular formula is C18H21NO4. The molecule has 0 saturated carbocycles. The van der Waals surface area contributed by atoms with E-state index < -0.39 is 0 Å². The van der Waals surface area contributed by atoms with E-state index in [1.54, 1.807) is 26.5 Å². The summed E-state index contributed by atoms with van der Waals surface area (Å²) in [4.78, 5) is 14.5. The number of benzene rings is 1. The number of hydrogen-bond acceptors (Lipinski definition) is 4. The van der Waals surface area contributed by atoms with Gasteiger partial charge in [-0.25, -0.2) is 0 Å². The van der Waals surface area contributed by atoms with Gasteiger partial charge in [0.2, 0.25) is 0 Å². The molecule has 2 aromatic rings. The van der Waals surface area contributed by atoms with Gasteiger partial charge in [-0.3, -0.25) is 4.79 Å². The SMILES string of the molecule is COc1ccc(OC)c([C@H]2CCN(C(=O)c3ccoc3C)C2)c1. The Morgan fingerprint density at radius 1 is 1.26 bits per heavy atom. The van der Waals surface area contributed by atoms with Gasteiger partial charge in [-0.15, -0.1) is 0 Å². The number of hydrogen-bond donors (Lipinski definition) is 0. The first-order valence-electron chi connectivity index (χ1n) is 7.69. The molecule has 0 aliphatic carbocycles. The molecule has 1 fully saturated rings. The molecule has 0 bridgehead atoms. The van der Waals surface area contributed by atoms with Crippen molar-refractivity contribution in [2.45, 2.75) is 19.3 Å². The van der Waals surface area contributed by atoms with Crippen LogP contribution in [0.25, 0.3) is 0 Å². The van der Waals surface area contributed by atoms with Crippen LogP contribution in [0, 0.1) is 6.92 Å². The lowest BCUT2D eigenvalue weighted by molar-refractivity contribution is 0.0789. The van der Waals surface area contributed by atoms with Crippen LogP contribution in [0.1, 0.15) is 34.0 Å². The second-order valence-electron chi connectivity index (χ2n) is 5.74. The molecule has 1 amide bonds. The predicted octanol–water partition coefficient (Wildman–Crippen LogP) is 3.23. The zero-order chi connectivity index (χ0) is 16.4. The number of nitrogens with zero attached hydrogens (tertiary/aromatic N) is 1. The van der Waals surface area contributed by atoms with E-state index in [1.165, 1.54) is 0 Å². The molecule has 1 aromatic heterocycles. The van der Waals surface area contributed by atoms with E-state index >= 15 is 0 Å². The van der Waals surface area contributed by atoms with Gasteiger partial charge in [0.15, 0.2) is 0 Å². The summed E-state index contributed by atoms with van der Waals surface area (Å²) in [6.45, 7) is 3.22. The van der Waals surface area contributed by atoms with Crippen molar-refractivity contribution in [3.8, 4) is 11.5 Å². The number of aryl methyl sites for hydroxylation is 1. The molecule has 1 atom stereocenters. The molecule has 1 aliphatic heterocycles. The summed E-state index contributed by atoms with van der Waals surface area (Å²) in [5, 5.41) is 0. The van der Waals surface area contributed by atoms with E-state index in [2.05, 4.69) is 0 Å². The van der Waals surface area contributed by atoms with Crippen molar-refractivity contribution in [1.29, 1.82) is 0 Å². The Morgan fingerprint density at radius 2 is 2.09 bits per heavy atom. The van der Waals surface area contributed by atoms with Crippen LogP contribution in [0.15, 0.2) is 34.9 Å². The average molecular weight is 315 g/mol. The third-order valence-electron chi connectivity index (χ3n) is 4.44. The van der Waals surface area contributed by atoms with Gasteiger partial charge in [0.1, 0.15) is 17.3 Å². The highest BCUT2D eigenvalue weighted by Crippen LogP contribution is 2.36. The molecule has 3 rings (SSSR count). The van der Waals surface area contributed by atoms with Crippen LogP contribution in [-0.2, 0) is 0 Å². The summed E-state index contributed by atoms with van der Waals surface area (Å²) in [5.41, 5.74) is 1.73. The lowest BCUT2D eigenvalue weighted by Gasteiger charge is -2.18. The van der Waals surface area contributed by atoms with Crippen molar-refractivity contribution in [3.63, 3.8) is 0 Å². The van der Waals surface area contributed by atoms with Crippen molar-refractivity contribution in [2.75, 3.05) is 27.3 Å². The van der Waals surface area contributed by atoms with Crippen molar-refractivity contribution >= 4 is 5.91 Å². The Morgan fingerprint density at radius 3 is 2.74 bits per heavy atom. The number of likely N-dealkylation sites (tertiary alicyclic amines) is 1. The second-order valence-corrected chi connectivity index (χ2v) is 5.74. The van der Waals surface area contributed by atoms with E-state index in [4.69, 9.17) is 13.9 Å². The van der Waals surface area contributed by atoms with Gasteiger partial charge in [0.25, 0.3) is 5.91 Å². The molecule has 1 aromatic carbocycles. The molecule has 0 spiro atoms. The number of carbonyl (C=O) groups is 1. The van der Waals surface area contributed by atoms with Gasteiger partial charge in [-0.2, -0.15) is 0 Å². The van der Waals surface area contributed by atoms with Crippen LogP contribution >= 0.6 is 0 Å². The van der Waals surface area contributed by atoms with E-state index in [1.807, 2.05) is 30.0 Å². The van der Waals surface area contributed by atoms with Crippen molar-refractivity contribution < 1.29 is 18.7 Å². The smallest absolute Gasteiger partial charge is 0.257 e. The molecule has 5 heteroatoms. The number of rotatable bonds is 4. The minimum absolute atomic E-state index is 0.0283. The van der Waals surface area contributed by atoms with Gasteiger partial charge in [-0.1, -0.05) is 0 Å². The van der Waals surface area contributed by atoms with Crippen LogP contribution in [0.4, 0.5) is 0 Å². The molecule has 1 saturated heterocycles. The highest BCUT2D eigenvalue weighted by Gasteiger charge is 2.31. The minimum atomic E-state index is 0.0283. The second kappa shape index (κ2) is 6.36. The van der Waals surface area contributed by atoms with E-state index in [0.29, 0.717) is 17.9 Å². The van der Waals surface area contributed by atoms with Crippen LogP contribution in [0.2, 0.25) is 0 Å². The first-order valence-corrected chi connectivity index (χ1v) is 7.69. The molecule has 1 aliphatic rings. The molecule has 0 unspecified atom stereocenters. The summed E-state index contributed by atoms with van der Waals surface area (Å²) < 4.78 is 16.0. The van der Waals surface area contributed by atoms with Gasteiger partial charge >= 0.3 is 0 Å². The van der Waals surface area contributed by atoms with Crippen LogP contribution in [0.5, 0.6) is 11.5 Å². The topological polar surface area (TPSA) is 51.9 Å². The predicted molar refractivity (Wildman–Crippen MR) is 86.3 cm³/mol. The van der Waals surface area contributed by atoms with Crippen molar-refractivity contribution in [3.05, 3.63) is 47.4 Å². The lowest BCUT2D eigenvalue weighted by Crippen LogP contribution is -2.28. The highest BCUT2D eigenvalue weighted by atomic mass is 16.5. The minimum Gasteiger partial charge on any atom is -0.497 e. The summed E-state index contributed by atoms with van der Waals surface area (Å²) in [6, 6.07) is 7.53. The fraction of sp³-hybridized carbons (Fsp3) is 0.389. The van der Waals surface area contributed by atoms with E-state index in [9.17, 15) is 4.79 Å². The van der Waals surface area contributed by atoms with Gasteiger partial charge in [0.05, 0.1) is 26.0 Å². The fourth-order valence-corrected chi connectivity index (χ4v) is 3.13. The largest absolute Gasteiger partial charge is 0.497 e. The third kappa shape index (κ3) is 2.91. The highest BCUT2D eigenvalue weighted by molar-refractivity contribution is 5.95. The molecule has 5 nitrogen and oxygen atoms in total. The molecule has 2 heterocycles. The van der Waals surface area contributed by atoms with Gasteiger partial charge in [-0.05, 0) is 37.6 Å². The molecule has 0 N–H and O–H groups in total. The Kier molecular flexibility index (Phi) is 4.28. The molecule has 122 valence electrons. The normalized spacial score (nSPS) is 17.3. The summed E-state index contributed by atoms with van der Waals surface area (Å²) in [6.07, 6.45) is 2.47. The molecular weight excluding hydrogens is 294 g/mol. The fourth-order valence-electron chi connectivity index (χ4n) is 3.13. The molecule has 23 heavy (non-hydrogen) atoms. The van der Waals surface area contributed by atoms with Crippen LogP contribution in [-0.4, -0.2) is 38.1 Å². The Bertz CT molecular complexity index is 707. The number of amides is 1. The van der Waals surface area contributed by atoms with Crippen molar-refractivity contribution in [2.24, 2.45) is 0 Å². The summed E-state index contributed by atoms with van der Waals surface area (Å²) in [7, 11) is 3.32. The van der Waals surface area contributed by atoms with Crippen LogP contribution < -0.4 is 9.47 Å². The van der Waals surface area contributed by atoms with Crippen LogP contribution in [0.3, 0.4) is 0 Å². The third-order valence-corrected chi connectivity index (χ3v) is 4.44. The number of methoxy groups -OCH3 is 2. The first-order chi connectivity index (χ1) is 11.1. The Balaban J connectivity index is 1.80. The Labute approximate surface area is 135 Å². The number of ether oxygens (including phenoxy) is 2. The standard InChI is InChI=1S/C18H21NO4/c1-12-15(7-9-23-12)18(20)19-8-6-13(11-19)16-10-14(21-2)4-5-17(16)22-3/h4-5,7,9-10,13H,6,8,11H2,1-3H3/t13-/m0/s1. The van der Waals surface area contributed by atoms with Gasteiger partial charge < -0.3 is 18.8 Å². The zero-order valence-corrected chi connectivity index (χ0v) is 13.7. The zero-order valence-electron chi connectivity index (χ0n) is 13.7. The molecule has 0 radical (unpaired) electrons. The Hall–Kier alpha value is -2.43. The van der Waals surface area contributed by atoms with E-state index in [0.717, 1.165) is 30.0 Å². The number of furan rings is 1. The van der Waals surface area contributed by atoms with Crippen molar-refractivity contribution in [1.82, 2.24) is 4.90 Å². The summed E-state index contributed by atoms with van der Waals surface area (Å²) >= 11 is 0. The average Bonchev–Trinajstić information content (AvgIpc) is 3.22. The quantitative estimate of drug-likeness (QED) is 0.869. The number of carbonyl (C=O) groups excluding carboxylic acids is 1. The van der Waals surface area contributed by atoms with E-state index in [-0.39, 0.29) is 11.8 Å². The maximum atomic E-state index is 12.6. The first kappa shape index (κ1) is 15.5. The lowest BCUT2D eigenvalue weighted by atomic mass is 9.97. The maximum absolute atomic E-state index is 12.6.